The molecule has 2 heteroatoms. The van der Waals surface area contributed by atoms with E-state index in [1.165, 1.54) is 0 Å². The summed E-state index contributed by atoms with van der Waals surface area (Å²) < 4.78 is 0. The van der Waals surface area contributed by atoms with Gasteiger partial charge in [0.25, 0.3) is 0 Å². The van der Waals surface area contributed by atoms with E-state index in [0.29, 0.717) is 6.42 Å². The van der Waals surface area contributed by atoms with Crippen molar-refractivity contribution in [2.45, 2.75) is 13.3 Å². The summed E-state index contributed by atoms with van der Waals surface area (Å²) in [5.41, 5.74) is 1.15. The van der Waals surface area contributed by atoms with E-state index in [1.807, 2.05) is 19.1 Å². The number of carbonyl (C=O) groups is 1. The van der Waals surface area contributed by atoms with Crippen LogP contribution in [-0.4, -0.2) is 11.1 Å². The Hall–Kier alpha value is -1.05. The van der Waals surface area contributed by atoms with Gasteiger partial charge in [0.15, 0.2) is 0 Å². The lowest BCUT2D eigenvalue weighted by Crippen LogP contribution is -2.11. The summed E-state index contributed by atoms with van der Waals surface area (Å²) in [5.74, 6) is -1.04. The van der Waals surface area contributed by atoms with Gasteiger partial charge >= 0.3 is 5.97 Å². The van der Waals surface area contributed by atoms with E-state index >= 15 is 0 Å². The predicted octanol–water partition coefficient (Wildman–Crippen LogP) is 1.59. The molecule has 0 saturated carbocycles. The van der Waals surface area contributed by atoms with Crippen molar-refractivity contribution in [3.8, 4) is 0 Å². The molecule has 0 fully saturated rings. The first kappa shape index (κ1) is 7.06. The minimum absolute atomic E-state index is 0.302. The van der Waals surface area contributed by atoms with Crippen LogP contribution in [0.3, 0.4) is 0 Å². The van der Waals surface area contributed by atoms with Crippen LogP contribution in [0.5, 0.6) is 0 Å². The minimum Gasteiger partial charge on any atom is -0.481 e. The molecule has 1 aliphatic rings. The molecule has 0 aromatic rings. The van der Waals surface area contributed by atoms with Gasteiger partial charge in [-0.25, -0.2) is 0 Å². The molecule has 0 saturated heterocycles. The molecule has 54 valence electrons. The molecule has 0 heterocycles. The van der Waals surface area contributed by atoms with Crippen molar-refractivity contribution in [2.24, 2.45) is 5.92 Å². The van der Waals surface area contributed by atoms with Gasteiger partial charge < -0.3 is 5.11 Å². The van der Waals surface area contributed by atoms with Crippen molar-refractivity contribution in [3.63, 3.8) is 0 Å². The second-order valence-electron chi connectivity index (χ2n) is 2.49. The van der Waals surface area contributed by atoms with E-state index in [4.69, 9.17) is 5.11 Å². The van der Waals surface area contributed by atoms with E-state index in [9.17, 15) is 4.79 Å². The Bertz CT molecular complexity index is 201. The Kier molecular flexibility index (Phi) is 1.90. The van der Waals surface area contributed by atoms with Crippen LogP contribution < -0.4 is 0 Å². The predicted molar refractivity (Wildman–Crippen MR) is 38.6 cm³/mol. The summed E-state index contributed by atoms with van der Waals surface area (Å²) in [5, 5.41) is 8.54. The largest absolute Gasteiger partial charge is 0.481 e. The fraction of sp³-hybridized carbons (Fsp3) is 0.375. The summed E-state index contributed by atoms with van der Waals surface area (Å²) in [6, 6.07) is 0. The van der Waals surface area contributed by atoms with Gasteiger partial charge in [0.1, 0.15) is 0 Å². The van der Waals surface area contributed by atoms with Crippen molar-refractivity contribution >= 4 is 5.97 Å². The molecule has 0 aromatic heterocycles. The molecule has 1 atom stereocenters. The Morgan fingerprint density at radius 3 is 2.90 bits per heavy atom. The molecule has 0 aromatic carbocycles. The zero-order chi connectivity index (χ0) is 7.56. The number of rotatable bonds is 1. The molecular formula is C8H10O2. The number of hydrogen-bond donors (Lipinski definition) is 1. The van der Waals surface area contributed by atoms with Crippen LogP contribution in [0.1, 0.15) is 13.3 Å². The van der Waals surface area contributed by atoms with Crippen LogP contribution in [0, 0.1) is 5.92 Å². The third-order valence-electron chi connectivity index (χ3n) is 1.60. The van der Waals surface area contributed by atoms with Crippen molar-refractivity contribution in [1.29, 1.82) is 0 Å². The number of aliphatic carboxylic acids is 1. The van der Waals surface area contributed by atoms with Crippen molar-refractivity contribution < 1.29 is 9.90 Å². The smallest absolute Gasteiger partial charge is 0.310 e. The van der Waals surface area contributed by atoms with Crippen molar-refractivity contribution in [2.75, 3.05) is 0 Å². The second kappa shape index (κ2) is 2.69. The second-order valence-corrected chi connectivity index (χ2v) is 2.49. The lowest BCUT2D eigenvalue weighted by atomic mass is 9.98. The van der Waals surface area contributed by atoms with Gasteiger partial charge in [-0.3, -0.25) is 4.79 Å². The van der Waals surface area contributed by atoms with E-state index < -0.39 is 5.97 Å². The lowest BCUT2D eigenvalue weighted by Gasteiger charge is -2.08. The highest BCUT2D eigenvalue weighted by Crippen LogP contribution is 2.15. The van der Waals surface area contributed by atoms with E-state index in [-0.39, 0.29) is 5.92 Å². The third kappa shape index (κ3) is 1.47. The lowest BCUT2D eigenvalue weighted by molar-refractivity contribution is -0.139. The topological polar surface area (TPSA) is 37.3 Å². The Morgan fingerprint density at radius 2 is 2.50 bits per heavy atom. The maximum Gasteiger partial charge on any atom is 0.310 e. The molecule has 1 N–H and O–H groups in total. The van der Waals surface area contributed by atoms with Crippen molar-refractivity contribution in [1.82, 2.24) is 0 Å². The average molecular weight is 138 g/mol. The first-order valence-electron chi connectivity index (χ1n) is 3.28. The molecule has 1 rings (SSSR count). The van der Waals surface area contributed by atoms with Crippen LogP contribution in [0.4, 0.5) is 0 Å². The summed E-state index contributed by atoms with van der Waals surface area (Å²) in [6.07, 6.45) is 6.16. The zero-order valence-corrected chi connectivity index (χ0v) is 5.87. The van der Waals surface area contributed by atoms with Crippen LogP contribution in [0.25, 0.3) is 0 Å². The van der Waals surface area contributed by atoms with Gasteiger partial charge in [-0.05, 0) is 13.3 Å². The molecule has 1 aliphatic carbocycles. The standard InChI is InChI=1S/C8H10O2/c1-6-2-4-7(5-3-6)8(9)10/h2-4,7H,5H2,1H3,(H,9,10). The quantitative estimate of drug-likeness (QED) is 0.597. The first-order valence-corrected chi connectivity index (χ1v) is 3.28. The van der Waals surface area contributed by atoms with Crippen molar-refractivity contribution in [3.05, 3.63) is 23.8 Å². The molecule has 10 heavy (non-hydrogen) atoms. The van der Waals surface area contributed by atoms with Gasteiger partial charge in [-0.1, -0.05) is 23.8 Å². The van der Waals surface area contributed by atoms with Gasteiger partial charge in [-0.15, -0.1) is 0 Å². The van der Waals surface area contributed by atoms with E-state index in [0.717, 1.165) is 5.57 Å². The normalized spacial score (nSPS) is 24.1. The molecule has 2 nitrogen and oxygen atoms in total. The van der Waals surface area contributed by atoms with Gasteiger partial charge in [0.2, 0.25) is 0 Å². The third-order valence-corrected chi connectivity index (χ3v) is 1.60. The SMILES string of the molecule is CC1=CCC(C(=O)O)C=C1. The summed E-state index contributed by atoms with van der Waals surface area (Å²) >= 11 is 0. The fourth-order valence-corrected chi connectivity index (χ4v) is 0.911. The molecule has 0 aliphatic heterocycles. The minimum atomic E-state index is -0.736. The van der Waals surface area contributed by atoms with E-state index in [2.05, 4.69) is 0 Å². The average Bonchev–Trinajstić information content (AvgIpc) is 1.88. The van der Waals surface area contributed by atoms with Gasteiger partial charge in [-0.2, -0.15) is 0 Å². The number of carboxylic acid groups (broad SMARTS) is 1. The first-order chi connectivity index (χ1) is 4.70. The highest BCUT2D eigenvalue weighted by atomic mass is 16.4. The number of allylic oxidation sites excluding steroid dienone is 3. The molecular weight excluding hydrogens is 128 g/mol. The maximum atomic E-state index is 10.4. The molecule has 0 spiro atoms. The highest BCUT2D eigenvalue weighted by molar-refractivity contribution is 5.73. The Balaban J connectivity index is 2.60. The van der Waals surface area contributed by atoms with Crippen LogP contribution >= 0.6 is 0 Å². The Morgan fingerprint density at radius 1 is 1.80 bits per heavy atom. The molecule has 1 unspecified atom stereocenters. The molecule has 0 amide bonds. The summed E-state index contributed by atoms with van der Waals surface area (Å²) in [6.45, 7) is 1.97. The molecule has 0 radical (unpaired) electrons. The zero-order valence-electron chi connectivity index (χ0n) is 5.87. The number of carboxylic acids is 1. The summed E-state index contributed by atoms with van der Waals surface area (Å²) in [4.78, 5) is 10.4. The summed E-state index contributed by atoms with van der Waals surface area (Å²) in [7, 11) is 0. The molecule has 0 bridgehead atoms. The van der Waals surface area contributed by atoms with Crippen LogP contribution in [0.2, 0.25) is 0 Å². The van der Waals surface area contributed by atoms with Gasteiger partial charge in [0, 0.05) is 0 Å². The highest BCUT2D eigenvalue weighted by Gasteiger charge is 2.13. The van der Waals surface area contributed by atoms with E-state index in [1.54, 1.807) is 6.08 Å². The Labute approximate surface area is 59.9 Å². The fourth-order valence-electron chi connectivity index (χ4n) is 0.911. The number of hydrogen-bond acceptors (Lipinski definition) is 1. The monoisotopic (exact) mass is 138 g/mol. The van der Waals surface area contributed by atoms with Crippen LogP contribution in [-0.2, 0) is 4.79 Å². The maximum absolute atomic E-state index is 10.4. The van der Waals surface area contributed by atoms with Gasteiger partial charge in [0.05, 0.1) is 5.92 Å². The van der Waals surface area contributed by atoms with Crippen LogP contribution in [0.15, 0.2) is 23.8 Å².